The van der Waals surface area contributed by atoms with Gasteiger partial charge in [-0.15, -0.1) is 0 Å². The van der Waals surface area contributed by atoms with Crippen LogP contribution in [0, 0.1) is 10.1 Å². The summed E-state index contributed by atoms with van der Waals surface area (Å²) in [6.45, 7) is 0.288. The number of unbranched alkanes of at least 4 members (excludes halogenated alkanes) is 1. The van der Waals surface area contributed by atoms with Crippen molar-refractivity contribution in [3.63, 3.8) is 0 Å². The first-order chi connectivity index (χ1) is 9.45. The van der Waals surface area contributed by atoms with Crippen LogP contribution in [0.2, 0.25) is 5.02 Å². The molecule has 0 radical (unpaired) electrons. The number of hydrogen-bond acceptors (Lipinski definition) is 5. The van der Waals surface area contributed by atoms with Crippen molar-refractivity contribution in [2.45, 2.75) is 19.3 Å². The Kier molecular flexibility index (Phi) is 6.41. The van der Waals surface area contributed by atoms with E-state index < -0.39 is 15.9 Å². The van der Waals surface area contributed by atoms with Crippen molar-refractivity contribution in [2.24, 2.45) is 0 Å². The quantitative estimate of drug-likeness (QED) is 0.241. The normalized spacial score (nSPS) is 10.1. The van der Waals surface area contributed by atoms with Gasteiger partial charge in [-0.3, -0.25) is 19.7 Å². The number of carbonyl (C=O) groups is 2. The Bertz CT molecular complexity index is 533. The van der Waals surface area contributed by atoms with Crippen molar-refractivity contribution in [1.82, 2.24) is 0 Å². The first-order valence-corrected chi connectivity index (χ1v) is 6.45. The minimum absolute atomic E-state index is 0.145. The van der Waals surface area contributed by atoms with Gasteiger partial charge in [0.25, 0.3) is 5.69 Å². The Morgan fingerprint density at radius 2 is 2.10 bits per heavy atom. The second-order valence-corrected chi connectivity index (χ2v) is 4.71. The number of hydrogen-bond donors (Lipinski definition) is 0. The van der Waals surface area contributed by atoms with Crippen LogP contribution in [0.1, 0.15) is 29.6 Å². The highest BCUT2D eigenvalue weighted by atomic mass is 35.5. The maximum Gasteiger partial charge on any atom is 0.298 e. The number of carbonyl (C=O) groups excluding carboxylic acids is 2. The van der Waals surface area contributed by atoms with E-state index >= 15 is 0 Å². The Balaban J connectivity index is 2.68. The summed E-state index contributed by atoms with van der Waals surface area (Å²) in [4.78, 5) is 31.4. The van der Waals surface area contributed by atoms with Gasteiger partial charge in [-0.2, -0.15) is 0 Å². The molecular formula is C12H11Cl2NO5. The number of ether oxygens (including phenoxy) is 1. The third-order valence-electron chi connectivity index (χ3n) is 2.41. The second-order valence-electron chi connectivity index (χ2n) is 3.88. The number of benzene rings is 1. The van der Waals surface area contributed by atoms with Crippen molar-refractivity contribution in [3.8, 4) is 5.75 Å². The summed E-state index contributed by atoms with van der Waals surface area (Å²) in [5, 5.41) is 10.2. The van der Waals surface area contributed by atoms with Crippen LogP contribution in [0.25, 0.3) is 0 Å². The van der Waals surface area contributed by atoms with Crippen LogP contribution < -0.4 is 4.74 Å². The molecular weight excluding hydrogens is 309 g/mol. The fraction of sp³-hybridized carbons (Fsp3) is 0.333. The molecule has 0 N–H and O–H groups in total. The summed E-state index contributed by atoms with van der Waals surface area (Å²) in [7, 11) is 0. The Morgan fingerprint density at radius 1 is 1.40 bits per heavy atom. The van der Waals surface area contributed by atoms with E-state index in [1.54, 1.807) is 0 Å². The van der Waals surface area contributed by atoms with E-state index in [-0.39, 0.29) is 29.4 Å². The molecule has 0 unspecified atom stereocenters. The molecule has 0 aromatic heterocycles. The van der Waals surface area contributed by atoms with Gasteiger partial charge < -0.3 is 4.74 Å². The van der Waals surface area contributed by atoms with Crippen LogP contribution in [-0.4, -0.2) is 23.1 Å². The van der Waals surface area contributed by atoms with Crippen molar-refractivity contribution < 1.29 is 19.2 Å². The van der Waals surface area contributed by atoms with E-state index in [0.29, 0.717) is 19.1 Å². The summed E-state index contributed by atoms with van der Waals surface area (Å²) in [5.41, 5.74) is -0.588. The monoisotopic (exact) mass is 319 g/mol. The number of aldehydes is 1. The standard InChI is InChI=1S/C12H11Cl2NO5/c13-10-6-9(20-4-2-1-3-11(14)17)5-8(7-16)12(10)15(18)19/h5-7H,1-4H2. The average molecular weight is 320 g/mol. The highest BCUT2D eigenvalue weighted by Crippen LogP contribution is 2.32. The summed E-state index contributed by atoms with van der Waals surface area (Å²) in [5.74, 6) is 0.264. The molecule has 20 heavy (non-hydrogen) atoms. The molecule has 0 aliphatic carbocycles. The molecule has 1 aromatic rings. The molecule has 0 atom stereocenters. The number of nitro benzene ring substituents is 1. The summed E-state index contributed by atoms with van der Waals surface area (Å²) in [6.07, 6.45) is 1.77. The first-order valence-electron chi connectivity index (χ1n) is 5.70. The molecule has 1 aromatic carbocycles. The molecule has 0 saturated carbocycles. The van der Waals surface area contributed by atoms with Crippen LogP contribution in [0.4, 0.5) is 5.69 Å². The molecule has 0 aliphatic heterocycles. The van der Waals surface area contributed by atoms with Gasteiger partial charge >= 0.3 is 0 Å². The topological polar surface area (TPSA) is 86.5 Å². The van der Waals surface area contributed by atoms with Gasteiger partial charge in [-0.05, 0) is 30.5 Å². The lowest BCUT2D eigenvalue weighted by molar-refractivity contribution is -0.384. The molecule has 0 spiro atoms. The lowest BCUT2D eigenvalue weighted by atomic mass is 10.2. The van der Waals surface area contributed by atoms with Crippen LogP contribution in [0.15, 0.2) is 12.1 Å². The van der Waals surface area contributed by atoms with Crippen LogP contribution in [0.3, 0.4) is 0 Å². The fourth-order valence-electron chi connectivity index (χ4n) is 1.52. The first kappa shape index (κ1) is 16.4. The Hall–Kier alpha value is -1.66. The molecule has 8 heteroatoms. The summed E-state index contributed by atoms with van der Waals surface area (Å²) in [6, 6.07) is 2.53. The molecule has 0 amide bonds. The van der Waals surface area contributed by atoms with Crippen molar-refractivity contribution in [2.75, 3.05) is 6.61 Å². The number of nitrogens with zero attached hydrogens (tertiary/aromatic N) is 1. The van der Waals surface area contributed by atoms with Gasteiger partial charge in [0.1, 0.15) is 10.8 Å². The highest BCUT2D eigenvalue weighted by molar-refractivity contribution is 6.63. The average Bonchev–Trinajstić information content (AvgIpc) is 2.36. The summed E-state index contributed by atoms with van der Waals surface area (Å²) < 4.78 is 5.33. The molecule has 0 saturated heterocycles. The van der Waals surface area contributed by atoms with Crippen LogP contribution >= 0.6 is 23.2 Å². The highest BCUT2D eigenvalue weighted by Gasteiger charge is 2.20. The van der Waals surface area contributed by atoms with E-state index in [9.17, 15) is 19.7 Å². The second kappa shape index (κ2) is 7.81. The maximum atomic E-state index is 10.8. The molecule has 0 heterocycles. The van der Waals surface area contributed by atoms with Crippen molar-refractivity contribution >= 4 is 40.4 Å². The van der Waals surface area contributed by atoms with Crippen LogP contribution in [0.5, 0.6) is 5.75 Å². The number of rotatable bonds is 8. The van der Waals surface area contributed by atoms with E-state index in [1.165, 1.54) is 12.1 Å². The third-order valence-corrected chi connectivity index (χ3v) is 2.89. The molecule has 0 aliphatic rings. The van der Waals surface area contributed by atoms with Gasteiger partial charge in [0.15, 0.2) is 6.29 Å². The SMILES string of the molecule is O=Cc1cc(OCCCCC(=O)Cl)cc(Cl)c1[N+](=O)[O-]. The van der Waals surface area contributed by atoms with E-state index in [2.05, 4.69) is 0 Å². The zero-order chi connectivity index (χ0) is 15.1. The Morgan fingerprint density at radius 3 is 2.65 bits per heavy atom. The van der Waals surface area contributed by atoms with Gasteiger partial charge in [0.2, 0.25) is 5.24 Å². The Labute approximate surface area is 124 Å². The van der Waals surface area contributed by atoms with E-state index in [0.717, 1.165) is 0 Å². The molecule has 0 fully saturated rings. The predicted octanol–water partition coefficient (Wildman–Crippen LogP) is 3.38. The van der Waals surface area contributed by atoms with Gasteiger partial charge in [-0.25, -0.2) is 0 Å². The smallest absolute Gasteiger partial charge is 0.298 e. The van der Waals surface area contributed by atoms with Gasteiger partial charge in [0.05, 0.1) is 17.1 Å². The lowest BCUT2D eigenvalue weighted by Gasteiger charge is -2.07. The molecule has 0 bridgehead atoms. The lowest BCUT2D eigenvalue weighted by Crippen LogP contribution is -2.01. The van der Waals surface area contributed by atoms with E-state index in [4.69, 9.17) is 27.9 Å². The van der Waals surface area contributed by atoms with E-state index in [1.807, 2.05) is 0 Å². The fourth-order valence-corrected chi connectivity index (χ4v) is 1.94. The minimum atomic E-state index is -0.720. The molecule has 1 rings (SSSR count). The minimum Gasteiger partial charge on any atom is -0.494 e. The molecule has 6 nitrogen and oxygen atoms in total. The van der Waals surface area contributed by atoms with Crippen molar-refractivity contribution in [3.05, 3.63) is 32.8 Å². The van der Waals surface area contributed by atoms with Gasteiger partial charge in [0, 0.05) is 12.5 Å². The summed E-state index contributed by atoms with van der Waals surface area (Å²) >= 11 is 10.9. The third kappa shape index (κ3) is 4.79. The maximum absolute atomic E-state index is 10.8. The van der Waals surface area contributed by atoms with Gasteiger partial charge in [-0.1, -0.05) is 11.6 Å². The van der Waals surface area contributed by atoms with Crippen LogP contribution in [-0.2, 0) is 4.79 Å². The predicted molar refractivity (Wildman–Crippen MR) is 73.7 cm³/mol. The zero-order valence-corrected chi connectivity index (χ0v) is 11.8. The largest absolute Gasteiger partial charge is 0.494 e. The molecule has 108 valence electrons. The zero-order valence-electron chi connectivity index (χ0n) is 10.3. The number of halogens is 2. The van der Waals surface area contributed by atoms with Crippen molar-refractivity contribution in [1.29, 1.82) is 0 Å². The number of nitro groups is 1.